The van der Waals surface area contributed by atoms with E-state index in [2.05, 4.69) is 29.2 Å². The molecule has 0 N–H and O–H groups in total. The molecule has 1 rings (SSSR count). The SMILES string of the molecule is C=CC(=O)N(C)c1ccc(C)cc1I. The molecular formula is C11H12INO. The fraction of sp³-hybridized carbons (Fsp3) is 0.182. The molecule has 1 amide bonds. The predicted octanol–water partition coefficient (Wildman–Crippen LogP) is 2.75. The van der Waals surface area contributed by atoms with Gasteiger partial charge < -0.3 is 4.90 Å². The Labute approximate surface area is 97.7 Å². The van der Waals surface area contributed by atoms with E-state index in [4.69, 9.17) is 0 Å². The lowest BCUT2D eigenvalue weighted by Crippen LogP contribution is -2.24. The van der Waals surface area contributed by atoms with Gasteiger partial charge in [-0.1, -0.05) is 12.6 Å². The monoisotopic (exact) mass is 301 g/mol. The molecule has 0 unspecified atom stereocenters. The van der Waals surface area contributed by atoms with Gasteiger partial charge in [0, 0.05) is 10.6 Å². The van der Waals surface area contributed by atoms with E-state index < -0.39 is 0 Å². The highest BCUT2D eigenvalue weighted by atomic mass is 127. The molecule has 0 aliphatic rings. The summed E-state index contributed by atoms with van der Waals surface area (Å²) in [5, 5.41) is 0. The fourth-order valence-electron chi connectivity index (χ4n) is 1.14. The maximum Gasteiger partial charge on any atom is 0.250 e. The van der Waals surface area contributed by atoms with Crippen molar-refractivity contribution < 1.29 is 4.79 Å². The third kappa shape index (κ3) is 2.35. The standard InChI is InChI=1S/C11H12INO/c1-4-11(14)13(3)10-6-5-8(2)7-9(10)12/h4-7H,1H2,2-3H3. The first-order chi connectivity index (χ1) is 6.56. The zero-order valence-corrected chi connectivity index (χ0v) is 10.4. The van der Waals surface area contributed by atoms with Crippen LogP contribution in [0.1, 0.15) is 5.56 Å². The number of carbonyl (C=O) groups excluding carboxylic acids is 1. The molecular weight excluding hydrogens is 289 g/mol. The number of hydrogen-bond acceptors (Lipinski definition) is 1. The van der Waals surface area contributed by atoms with Crippen molar-refractivity contribution in [1.29, 1.82) is 0 Å². The lowest BCUT2D eigenvalue weighted by atomic mass is 10.2. The topological polar surface area (TPSA) is 20.3 Å². The molecule has 0 aliphatic carbocycles. The number of halogens is 1. The molecule has 1 aromatic rings. The summed E-state index contributed by atoms with van der Waals surface area (Å²) >= 11 is 2.22. The lowest BCUT2D eigenvalue weighted by molar-refractivity contribution is -0.113. The van der Waals surface area contributed by atoms with Crippen LogP contribution in [0.2, 0.25) is 0 Å². The van der Waals surface area contributed by atoms with E-state index in [9.17, 15) is 4.79 Å². The van der Waals surface area contributed by atoms with Crippen molar-refractivity contribution in [3.05, 3.63) is 40.0 Å². The first kappa shape index (κ1) is 11.2. The molecule has 74 valence electrons. The summed E-state index contributed by atoms with van der Waals surface area (Å²) in [5.74, 6) is -0.0910. The van der Waals surface area contributed by atoms with Crippen LogP contribution in [-0.4, -0.2) is 13.0 Å². The van der Waals surface area contributed by atoms with Crippen LogP contribution in [0.4, 0.5) is 5.69 Å². The lowest BCUT2D eigenvalue weighted by Gasteiger charge is -2.17. The Morgan fingerprint density at radius 2 is 2.21 bits per heavy atom. The number of aryl methyl sites for hydroxylation is 1. The second-order valence-corrected chi connectivity index (χ2v) is 4.22. The van der Waals surface area contributed by atoms with Crippen molar-refractivity contribution in [2.24, 2.45) is 0 Å². The van der Waals surface area contributed by atoms with Crippen LogP contribution in [0.3, 0.4) is 0 Å². The quantitative estimate of drug-likeness (QED) is 0.607. The maximum absolute atomic E-state index is 11.4. The number of hydrogen-bond donors (Lipinski definition) is 0. The largest absolute Gasteiger partial charge is 0.311 e. The number of nitrogens with zero attached hydrogens (tertiary/aromatic N) is 1. The summed E-state index contributed by atoms with van der Waals surface area (Å²) in [6.45, 7) is 5.49. The highest BCUT2D eigenvalue weighted by molar-refractivity contribution is 14.1. The van der Waals surface area contributed by atoms with Gasteiger partial charge >= 0.3 is 0 Å². The summed E-state index contributed by atoms with van der Waals surface area (Å²) in [5.41, 5.74) is 2.11. The Hall–Kier alpha value is -0.840. The van der Waals surface area contributed by atoms with Crippen LogP contribution >= 0.6 is 22.6 Å². The van der Waals surface area contributed by atoms with Crippen LogP contribution in [-0.2, 0) is 4.79 Å². The molecule has 0 aromatic heterocycles. The van der Waals surface area contributed by atoms with E-state index in [0.29, 0.717) is 0 Å². The molecule has 0 fully saturated rings. The first-order valence-electron chi connectivity index (χ1n) is 4.22. The molecule has 14 heavy (non-hydrogen) atoms. The van der Waals surface area contributed by atoms with E-state index in [1.165, 1.54) is 11.6 Å². The first-order valence-corrected chi connectivity index (χ1v) is 5.30. The Bertz CT molecular complexity index is 374. The van der Waals surface area contributed by atoms with Crippen molar-refractivity contribution in [2.75, 3.05) is 11.9 Å². The number of likely N-dealkylation sites (N-methyl/N-ethyl adjacent to an activating group) is 1. The summed E-state index contributed by atoms with van der Waals surface area (Å²) in [6.07, 6.45) is 1.32. The molecule has 0 atom stereocenters. The van der Waals surface area contributed by atoms with Crippen molar-refractivity contribution >= 4 is 34.2 Å². The van der Waals surface area contributed by atoms with E-state index in [0.717, 1.165) is 9.26 Å². The Morgan fingerprint density at radius 3 is 2.71 bits per heavy atom. The summed E-state index contributed by atoms with van der Waals surface area (Å²) < 4.78 is 1.07. The number of amides is 1. The van der Waals surface area contributed by atoms with Crippen molar-refractivity contribution in [3.8, 4) is 0 Å². The molecule has 0 heterocycles. The molecule has 0 aliphatic heterocycles. The molecule has 0 saturated carbocycles. The van der Waals surface area contributed by atoms with E-state index in [-0.39, 0.29) is 5.91 Å². The van der Waals surface area contributed by atoms with Crippen molar-refractivity contribution in [3.63, 3.8) is 0 Å². The molecule has 0 saturated heterocycles. The number of anilines is 1. The van der Waals surface area contributed by atoms with E-state index in [1.807, 2.05) is 25.1 Å². The average Bonchev–Trinajstić information content (AvgIpc) is 2.15. The van der Waals surface area contributed by atoms with E-state index >= 15 is 0 Å². The third-order valence-corrected chi connectivity index (χ3v) is 2.83. The zero-order valence-electron chi connectivity index (χ0n) is 8.25. The fourth-order valence-corrected chi connectivity index (χ4v) is 2.17. The van der Waals surface area contributed by atoms with Gasteiger partial charge in [0.1, 0.15) is 0 Å². The molecule has 0 bridgehead atoms. The van der Waals surface area contributed by atoms with Crippen LogP contribution < -0.4 is 4.90 Å². The summed E-state index contributed by atoms with van der Waals surface area (Å²) in [6, 6.07) is 5.98. The number of rotatable bonds is 2. The Kier molecular flexibility index (Phi) is 3.69. The molecule has 0 radical (unpaired) electrons. The van der Waals surface area contributed by atoms with Gasteiger partial charge in [-0.3, -0.25) is 4.79 Å². The average molecular weight is 301 g/mol. The number of benzene rings is 1. The van der Waals surface area contributed by atoms with Gasteiger partial charge in [-0.05, 0) is 53.3 Å². The second kappa shape index (κ2) is 4.59. The molecule has 3 heteroatoms. The van der Waals surface area contributed by atoms with Crippen LogP contribution in [0.15, 0.2) is 30.9 Å². The van der Waals surface area contributed by atoms with Crippen LogP contribution in [0.5, 0.6) is 0 Å². The minimum absolute atomic E-state index is 0.0910. The van der Waals surface area contributed by atoms with Crippen LogP contribution in [0, 0.1) is 10.5 Å². The van der Waals surface area contributed by atoms with Crippen molar-refractivity contribution in [2.45, 2.75) is 6.92 Å². The van der Waals surface area contributed by atoms with Gasteiger partial charge in [0.15, 0.2) is 0 Å². The zero-order chi connectivity index (χ0) is 10.7. The Morgan fingerprint density at radius 1 is 1.57 bits per heavy atom. The summed E-state index contributed by atoms with van der Waals surface area (Å²) in [4.78, 5) is 12.9. The summed E-state index contributed by atoms with van der Waals surface area (Å²) in [7, 11) is 1.75. The van der Waals surface area contributed by atoms with Gasteiger partial charge in [-0.25, -0.2) is 0 Å². The van der Waals surface area contributed by atoms with Crippen LogP contribution in [0.25, 0.3) is 0 Å². The van der Waals surface area contributed by atoms with Gasteiger partial charge in [0.25, 0.3) is 0 Å². The second-order valence-electron chi connectivity index (χ2n) is 3.06. The van der Waals surface area contributed by atoms with Gasteiger partial charge in [0.2, 0.25) is 5.91 Å². The van der Waals surface area contributed by atoms with Crippen molar-refractivity contribution in [1.82, 2.24) is 0 Å². The van der Waals surface area contributed by atoms with Gasteiger partial charge in [-0.2, -0.15) is 0 Å². The minimum atomic E-state index is -0.0910. The highest BCUT2D eigenvalue weighted by Gasteiger charge is 2.09. The van der Waals surface area contributed by atoms with Gasteiger partial charge in [-0.15, -0.1) is 0 Å². The normalized spacial score (nSPS) is 9.64. The Balaban J connectivity index is 3.07. The van der Waals surface area contributed by atoms with Gasteiger partial charge in [0.05, 0.1) is 5.69 Å². The van der Waals surface area contributed by atoms with E-state index in [1.54, 1.807) is 11.9 Å². The minimum Gasteiger partial charge on any atom is -0.311 e. The molecule has 1 aromatic carbocycles. The highest BCUT2D eigenvalue weighted by Crippen LogP contribution is 2.22. The number of carbonyl (C=O) groups is 1. The predicted molar refractivity (Wildman–Crippen MR) is 67.5 cm³/mol. The molecule has 2 nitrogen and oxygen atoms in total. The maximum atomic E-state index is 11.4. The molecule has 0 spiro atoms. The third-order valence-electron chi connectivity index (χ3n) is 1.97. The smallest absolute Gasteiger partial charge is 0.250 e.